The molecule has 1 aliphatic rings. The maximum Gasteiger partial charge on any atom is 0.257 e. The minimum atomic E-state index is -3.96. The lowest BCUT2D eigenvalue weighted by Gasteiger charge is -2.12. The van der Waals surface area contributed by atoms with Crippen LogP contribution in [0.5, 0.6) is 5.88 Å². The summed E-state index contributed by atoms with van der Waals surface area (Å²) in [6.45, 7) is 1.86. The Morgan fingerprint density at radius 3 is 2.37 bits per heavy atom. The molecule has 2 heterocycles. The summed E-state index contributed by atoms with van der Waals surface area (Å²) in [5.41, 5.74) is -0.769. The number of sulfone groups is 1. The molecule has 0 aliphatic carbocycles. The van der Waals surface area contributed by atoms with Gasteiger partial charge < -0.3 is 5.11 Å². The number of hydrogen-bond donors (Lipinski definition) is 1. The van der Waals surface area contributed by atoms with Gasteiger partial charge in [-0.15, -0.1) is 11.8 Å². The molecule has 0 saturated heterocycles. The number of benzene rings is 1. The van der Waals surface area contributed by atoms with Crippen molar-refractivity contribution in [1.82, 2.24) is 9.78 Å². The number of carbonyl (C=O) groups is 3. The van der Waals surface area contributed by atoms with Crippen LogP contribution in [0.4, 0.5) is 0 Å². The largest absolute Gasteiger partial charge is 0.493 e. The van der Waals surface area contributed by atoms with Gasteiger partial charge in [0.2, 0.25) is 17.4 Å². The van der Waals surface area contributed by atoms with Crippen molar-refractivity contribution in [2.75, 3.05) is 18.6 Å². The fraction of sp³-hybridized carbons (Fsp3) is 0.278. The number of hydrogen-bond acceptors (Lipinski definition) is 9. The number of aromatic hydroxyl groups is 1. The third kappa shape index (κ3) is 3.80. The van der Waals surface area contributed by atoms with Crippen molar-refractivity contribution < 1.29 is 27.9 Å². The van der Waals surface area contributed by atoms with Crippen molar-refractivity contribution in [2.24, 2.45) is 12.0 Å². The Hall–Kier alpha value is -2.50. The summed E-state index contributed by atoms with van der Waals surface area (Å²) in [5.74, 6) is -2.82. The van der Waals surface area contributed by atoms with Crippen molar-refractivity contribution in [3.05, 3.63) is 39.5 Å². The zero-order valence-corrected chi connectivity index (χ0v) is 18.5. The molecule has 1 aromatic carbocycles. The lowest BCUT2D eigenvalue weighted by Crippen LogP contribution is -2.24. The molecule has 1 aromatic heterocycles. The lowest BCUT2D eigenvalue weighted by atomic mass is 9.98. The Bertz CT molecular complexity index is 1250. The van der Waals surface area contributed by atoms with Crippen molar-refractivity contribution >= 4 is 55.6 Å². The first-order chi connectivity index (χ1) is 13.9. The summed E-state index contributed by atoms with van der Waals surface area (Å²) in [6, 6.07) is 2.18. The third-order valence-corrected chi connectivity index (χ3v) is 6.89. The molecule has 0 radical (unpaired) electrons. The van der Waals surface area contributed by atoms with Gasteiger partial charge in [-0.1, -0.05) is 11.6 Å². The SMILES string of the molecule is Cc1nn(C)c(O)c1C(=O)c1ccc(S(C)(=O)=O)c(C(=O)C(=O)C2=NCCS2)c1Cl. The first-order valence-corrected chi connectivity index (χ1v) is 11.8. The number of thioether (sulfide) groups is 1. The monoisotopic (exact) mass is 469 g/mol. The summed E-state index contributed by atoms with van der Waals surface area (Å²) in [6.07, 6.45) is 0.861. The minimum Gasteiger partial charge on any atom is -0.493 e. The minimum absolute atomic E-state index is 0.0343. The number of Topliss-reactive ketones (excluding diaryl/α,β-unsaturated/α-hetero) is 2. The van der Waals surface area contributed by atoms with Crippen LogP contribution < -0.4 is 0 Å². The molecular weight excluding hydrogens is 454 g/mol. The van der Waals surface area contributed by atoms with E-state index in [-0.39, 0.29) is 21.9 Å². The lowest BCUT2D eigenvalue weighted by molar-refractivity contribution is -0.109. The molecule has 0 bridgehead atoms. The fourth-order valence-corrected chi connectivity index (χ4v) is 5.04. The highest BCUT2D eigenvalue weighted by atomic mass is 35.5. The second-order valence-electron chi connectivity index (χ2n) is 6.50. The van der Waals surface area contributed by atoms with E-state index in [4.69, 9.17) is 11.6 Å². The number of aliphatic imine (C=N–C) groups is 1. The number of nitrogens with zero attached hydrogens (tertiary/aromatic N) is 3. The van der Waals surface area contributed by atoms with E-state index in [9.17, 15) is 27.9 Å². The average Bonchev–Trinajstić information content (AvgIpc) is 3.28. The molecule has 30 heavy (non-hydrogen) atoms. The fourth-order valence-electron chi connectivity index (χ4n) is 2.98. The van der Waals surface area contributed by atoms with Gasteiger partial charge in [-0.3, -0.25) is 19.4 Å². The maximum absolute atomic E-state index is 13.0. The van der Waals surface area contributed by atoms with E-state index in [1.807, 2.05) is 0 Å². The molecule has 0 saturated carbocycles. The Morgan fingerprint density at radius 2 is 1.87 bits per heavy atom. The van der Waals surface area contributed by atoms with E-state index in [1.54, 1.807) is 0 Å². The van der Waals surface area contributed by atoms with Gasteiger partial charge in [-0.25, -0.2) is 13.1 Å². The van der Waals surface area contributed by atoms with Crippen LogP contribution in [-0.4, -0.2) is 64.3 Å². The highest BCUT2D eigenvalue weighted by Gasteiger charge is 2.34. The van der Waals surface area contributed by atoms with Crippen LogP contribution >= 0.6 is 23.4 Å². The highest BCUT2D eigenvalue weighted by molar-refractivity contribution is 8.16. The number of carbonyl (C=O) groups excluding carboxylic acids is 3. The molecule has 158 valence electrons. The number of ketones is 3. The maximum atomic E-state index is 13.0. The summed E-state index contributed by atoms with van der Waals surface area (Å²) < 4.78 is 25.5. The standard InChI is InChI=1S/C18H16ClN3O6S2/c1-8-11(18(26)22(2)21-8)14(23)9-4-5-10(30(3,27)28)12(13(9)19)15(24)16(25)17-20-6-7-29-17/h4-5,26H,6-7H2,1-3H3. The van der Waals surface area contributed by atoms with Gasteiger partial charge in [0, 0.05) is 31.2 Å². The van der Waals surface area contributed by atoms with Crippen LogP contribution in [0.15, 0.2) is 22.0 Å². The first-order valence-electron chi connectivity index (χ1n) is 8.51. The van der Waals surface area contributed by atoms with E-state index >= 15 is 0 Å². The number of halogens is 1. The molecule has 2 aromatic rings. The quantitative estimate of drug-likeness (QED) is 0.497. The second-order valence-corrected chi connectivity index (χ2v) is 9.95. The summed E-state index contributed by atoms with van der Waals surface area (Å²) >= 11 is 7.39. The molecule has 0 atom stereocenters. The van der Waals surface area contributed by atoms with E-state index in [0.29, 0.717) is 12.3 Å². The Kier molecular flexibility index (Phi) is 5.89. The number of rotatable bonds is 6. The van der Waals surface area contributed by atoms with Crippen molar-refractivity contribution in [3.8, 4) is 5.88 Å². The van der Waals surface area contributed by atoms with Crippen LogP contribution in [0.2, 0.25) is 5.02 Å². The molecule has 0 fully saturated rings. The normalized spacial score (nSPS) is 13.9. The van der Waals surface area contributed by atoms with Crippen molar-refractivity contribution in [1.29, 1.82) is 0 Å². The van der Waals surface area contributed by atoms with Gasteiger partial charge >= 0.3 is 0 Å². The second kappa shape index (κ2) is 7.97. The zero-order valence-electron chi connectivity index (χ0n) is 16.1. The van der Waals surface area contributed by atoms with E-state index in [1.165, 1.54) is 14.0 Å². The zero-order chi connectivity index (χ0) is 22.4. The molecule has 12 heteroatoms. The average molecular weight is 470 g/mol. The van der Waals surface area contributed by atoms with Gasteiger partial charge in [0.05, 0.1) is 21.2 Å². The van der Waals surface area contributed by atoms with Gasteiger partial charge in [-0.05, 0) is 19.1 Å². The Balaban J connectivity index is 2.21. The number of aryl methyl sites for hydroxylation is 2. The Labute approximate surface area is 181 Å². The molecule has 3 rings (SSSR count). The van der Waals surface area contributed by atoms with E-state index in [0.717, 1.165) is 34.8 Å². The summed E-state index contributed by atoms with van der Waals surface area (Å²) in [5, 5.41) is 13.6. The van der Waals surface area contributed by atoms with E-state index in [2.05, 4.69) is 10.1 Å². The van der Waals surface area contributed by atoms with Gasteiger partial charge in [-0.2, -0.15) is 5.10 Å². The van der Waals surface area contributed by atoms with Crippen LogP contribution in [0, 0.1) is 6.92 Å². The molecule has 0 spiro atoms. The van der Waals surface area contributed by atoms with Crippen LogP contribution in [0.1, 0.15) is 32.0 Å². The predicted molar refractivity (Wildman–Crippen MR) is 112 cm³/mol. The summed E-state index contributed by atoms with van der Waals surface area (Å²) in [7, 11) is -2.53. The van der Waals surface area contributed by atoms with Crippen LogP contribution in [0.25, 0.3) is 0 Å². The summed E-state index contributed by atoms with van der Waals surface area (Å²) in [4.78, 5) is 41.9. The Morgan fingerprint density at radius 1 is 1.20 bits per heavy atom. The molecule has 1 N–H and O–H groups in total. The van der Waals surface area contributed by atoms with Gasteiger partial charge in [0.1, 0.15) is 10.6 Å². The van der Waals surface area contributed by atoms with E-state index < -0.39 is 48.5 Å². The molecule has 0 unspecified atom stereocenters. The van der Waals surface area contributed by atoms with Crippen molar-refractivity contribution in [2.45, 2.75) is 11.8 Å². The smallest absolute Gasteiger partial charge is 0.257 e. The molecular formula is C18H16ClN3O6S2. The molecule has 0 amide bonds. The van der Waals surface area contributed by atoms with Gasteiger partial charge in [0.25, 0.3) is 5.78 Å². The topological polar surface area (TPSA) is 136 Å². The third-order valence-electron chi connectivity index (χ3n) is 4.38. The molecule has 1 aliphatic heterocycles. The van der Waals surface area contributed by atoms with Crippen molar-refractivity contribution in [3.63, 3.8) is 0 Å². The number of aromatic nitrogens is 2. The highest BCUT2D eigenvalue weighted by Crippen LogP contribution is 2.33. The first kappa shape index (κ1) is 22.2. The van der Waals surface area contributed by atoms with Crippen LogP contribution in [0.3, 0.4) is 0 Å². The van der Waals surface area contributed by atoms with Gasteiger partial charge in [0.15, 0.2) is 9.84 Å². The predicted octanol–water partition coefficient (Wildman–Crippen LogP) is 1.62. The molecule has 9 nitrogen and oxygen atoms in total. The van der Waals surface area contributed by atoms with Crippen LogP contribution in [-0.2, 0) is 21.7 Å².